The van der Waals surface area contributed by atoms with Gasteiger partial charge >= 0.3 is 0 Å². The molecular weight excluding hydrogens is 354 g/mol. The molecule has 1 aromatic heterocycles. The standard InChI is InChI=1S/C21H27N5O2/c1-11(2)19(26-16(7)23-15(6)24-26)21-25(22)20(14(5)28-21)17-9-13(4)18(27-8)10-12(17)3/h9-10H,1,22H2,2-8H3/b21-19-. The van der Waals surface area contributed by atoms with Crippen LogP contribution in [0, 0.1) is 27.7 Å². The molecule has 0 spiro atoms. The molecule has 1 aromatic carbocycles. The van der Waals surface area contributed by atoms with Crippen LogP contribution in [-0.4, -0.2) is 26.9 Å². The summed E-state index contributed by atoms with van der Waals surface area (Å²) < 4.78 is 13.3. The highest BCUT2D eigenvalue weighted by Crippen LogP contribution is 2.39. The molecule has 0 unspecified atom stereocenters. The zero-order chi connectivity index (χ0) is 20.7. The van der Waals surface area contributed by atoms with Gasteiger partial charge in [0.2, 0.25) is 5.88 Å². The van der Waals surface area contributed by atoms with Crippen molar-refractivity contribution in [1.29, 1.82) is 0 Å². The van der Waals surface area contributed by atoms with Crippen LogP contribution in [0.3, 0.4) is 0 Å². The Morgan fingerprint density at radius 1 is 1.14 bits per heavy atom. The van der Waals surface area contributed by atoms with Crippen LogP contribution in [0.15, 0.2) is 35.9 Å². The van der Waals surface area contributed by atoms with E-state index in [9.17, 15) is 0 Å². The number of hydrogen-bond donors (Lipinski definition) is 1. The first-order valence-corrected chi connectivity index (χ1v) is 9.05. The van der Waals surface area contributed by atoms with Gasteiger partial charge in [-0.05, 0) is 70.4 Å². The van der Waals surface area contributed by atoms with Crippen molar-refractivity contribution >= 4 is 11.4 Å². The van der Waals surface area contributed by atoms with Crippen LogP contribution >= 0.6 is 0 Å². The van der Waals surface area contributed by atoms with Crippen molar-refractivity contribution in [2.45, 2.75) is 41.5 Å². The third-order valence-electron chi connectivity index (χ3n) is 4.73. The van der Waals surface area contributed by atoms with Crippen LogP contribution in [0.5, 0.6) is 5.75 Å². The molecular formula is C21H27N5O2. The molecule has 0 saturated carbocycles. The van der Waals surface area contributed by atoms with E-state index in [-0.39, 0.29) is 0 Å². The van der Waals surface area contributed by atoms with Crippen LogP contribution < -0.4 is 10.6 Å². The lowest BCUT2D eigenvalue weighted by atomic mass is 10.0. The molecule has 0 aliphatic carbocycles. The van der Waals surface area contributed by atoms with Gasteiger partial charge in [-0.3, -0.25) is 0 Å². The van der Waals surface area contributed by atoms with E-state index in [4.69, 9.17) is 15.3 Å². The molecule has 0 bridgehead atoms. The summed E-state index contributed by atoms with van der Waals surface area (Å²) in [5.41, 5.74) is 5.30. The lowest BCUT2D eigenvalue weighted by Crippen LogP contribution is -2.28. The molecule has 1 aliphatic rings. The highest BCUT2D eigenvalue weighted by molar-refractivity contribution is 5.76. The Kier molecular flexibility index (Phi) is 5.04. The highest BCUT2D eigenvalue weighted by atomic mass is 16.5. The third-order valence-corrected chi connectivity index (χ3v) is 4.73. The van der Waals surface area contributed by atoms with E-state index in [1.54, 1.807) is 16.8 Å². The number of hydrazine groups is 1. The lowest BCUT2D eigenvalue weighted by molar-refractivity contribution is 0.255. The van der Waals surface area contributed by atoms with Gasteiger partial charge in [-0.15, -0.1) is 0 Å². The Bertz CT molecular complexity index is 1030. The lowest BCUT2D eigenvalue weighted by Gasteiger charge is -2.21. The van der Waals surface area contributed by atoms with E-state index in [2.05, 4.69) is 22.7 Å². The maximum Gasteiger partial charge on any atom is 0.241 e. The predicted octanol–water partition coefficient (Wildman–Crippen LogP) is 3.82. The summed E-state index contributed by atoms with van der Waals surface area (Å²) >= 11 is 0. The van der Waals surface area contributed by atoms with Gasteiger partial charge in [0, 0.05) is 5.56 Å². The summed E-state index contributed by atoms with van der Waals surface area (Å²) in [6.07, 6.45) is 0. The van der Waals surface area contributed by atoms with Gasteiger partial charge in [-0.25, -0.2) is 20.5 Å². The van der Waals surface area contributed by atoms with E-state index in [0.717, 1.165) is 39.5 Å². The monoisotopic (exact) mass is 381 g/mol. The molecule has 7 nitrogen and oxygen atoms in total. The van der Waals surface area contributed by atoms with E-state index >= 15 is 0 Å². The minimum atomic E-state index is 0.473. The average molecular weight is 381 g/mol. The molecule has 3 rings (SSSR count). The molecule has 1 aliphatic heterocycles. The van der Waals surface area contributed by atoms with Crippen molar-refractivity contribution < 1.29 is 9.47 Å². The number of aryl methyl sites for hydroxylation is 4. The van der Waals surface area contributed by atoms with Crippen LogP contribution in [0.4, 0.5) is 0 Å². The van der Waals surface area contributed by atoms with Crippen molar-refractivity contribution in [3.8, 4) is 5.75 Å². The van der Waals surface area contributed by atoms with Crippen molar-refractivity contribution in [3.05, 3.63) is 64.3 Å². The number of nitrogens with two attached hydrogens (primary N) is 1. The summed E-state index contributed by atoms with van der Waals surface area (Å²) in [4.78, 5) is 4.39. The molecule has 28 heavy (non-hydrogen) atoms. The zero-order valence-electron chi connectivity index (χ0n) is 17.5. The summed E-state index contributed by atoms with van der Waals surface area (Å²) in [5, 5.41) is 6.04. The number of allylic oxidation sites excluding steroid dienone is 3. The van der Waals surface area contributed by atoms with Gasteiger partial charge < -0.3 is 9.47 Å². The fourth-order valence-corrected chi connectivity index (χ4v) is 3.45. The number of aromatic nitrogens is 3. The Morgan fingerprint density at radius 2 is 1.82 bits per heavy atom. The first kappa shape index (κ1) is 19.7. The van der Waals surface area contributed by atoms with Crippen LogP contribution in [-0.2, 0) is 4.74 Å². The maximum absolute atomic E-state index is 6.53. The fraction of sp³-hybridized carbons (Fsp3) is 0.333. The van der Waals surface area contributed by atoms with Gasteiger partial charge in [-0.2, -0.15) is 5.10 Å². The van der Waals surface area contributed by atoms with Crippen LogP contribution in [0.1, 0.15) is 42.2 Å². The third kappa shape index (κ3) is 3.18. The molecule has 0 saturated heterocycles. The maximum atomic E-state index is 6.53. The topological polar surface area (TPSA) is 78.4 Å². The van der Waals surface area contributed by atoms with Gasteiger partial charge in [0.1, 0.15) is 34.6 Å². The Balaban J connectivity index is 2.15. The second-order valence-corrected chi connectivity index (χ2v) is 7.07. The quantitative estimate of drug-likeness (QED) is 0.811. The van der Waals surface area contributed by atoms with Gasteiger partial charge in [0.25, 0.3) is 0 Å². The Labute approximate surface area is 165 Å². The van der Waals surface area contributed by atoms with E-state index in [1.807, 2.05) is 47.6 Å². The highest BCUT2D eigenvalue weighted by Gasteiger charge is 2.32. The Hall–Kier alpha value is -3.06. The molecule has 0 amide bonds. The summed E-state index contributed by atoms with van der Waals surface area (Å²) in [6.45, 7) is 15.7. The fourth-order valence-electron chi connectivity index (χ4n) is 3.45. The Morgan fingerprint density at radius 3 is 2.36 bits per heavy atom. The molecule has 2 N–H and O–H groups in total. The van der Waals surface area contributed by atoms with E-state index < -0.39 is 0 Å². The normalized spacial score (nSPS) is 15.8. The zero-order valence-corrected chi connectivity index (χ0v) is 17.5. The minimum absolute atomic E-state index is 0.473. The minimum Gasteiger partial charge on any atom is -0.496 e. The van der Waals surface area contributed by atoms with Crippen molar-refractivity contribution in [3.63, 3.8) is 0 Å². The summed E-state index contributed by atoms with van der Waals surface area (Å²) in [5.74, 6) is 9.96. The molecule has 7 heteroatoms. The number of rotatable bonds is 4. The van der Waals surface area contributed by atoms with Gasteiger partial charge in [0.05, 0.1) is 7.11 Å². The van der Waals surface area contributed by atoms with E-state index in [1.165, 1.54) is 0 Å². The summed E-state index contributed by atoms with van der Waals surface area (Å²) in [6, 6.07) is 4.07. The first-order chi connectivity index (χ1) is 13.1. The first-order valence-electron chi connectivity index (χ1n) is 9.05. The van der Waals surface area contributed by atoms with Gasteiger partial charge in [-0.1, -0.05) is 6.58 Å². The molecule has 148 valence electrons. The van der Waals surface area contributed by atoms with Crippen LogP contribution in [0.2, 0.25) is 0 Å². The van der Waals surface area contributed by atoms with Gasteiger partial charge in [0.15, 0.2) is 0 Å². The average Bonchev–Trinajstić information content (AvgIpc) is 3.08. The molecule has 0 atom stereocenters. The molecule has 2 aromatic rings. The summed E-state index contributed by atoms with van der Waals surface area (Å²) in [7, 11) is 1.67. The smallest absolute Gasteiger partial charge is 0.241 e. The second kappa shape index (κ2) is 7.16. The number of ether oxygens (including phenoxy) is 2. The second-order valence-electron chi connectivity index (χ2n) is 7.07. The number of hydrogen-bond acceptors (Lipinski definition) is 6. The molecule has 0 radical (unpaired) electrons. The van der Waals surface area contributed by atoms with Crippen molar-refractivity contribution in [2.24, 2.45) is 5.84 Å². The number of benzene rings is 1. The number of methoxy groups -OCH3 is 1. The van der Waals surface area contributed by atoms with Crippen molar-refractivity contribution in [1.82, 2.24) is 19.8 Å². The predicted molar refractivity (Wildman–Crippen MR) is 110 cm³/mol. The number of nitrogens with zero attached hydrogens (tertiary/aromatic N) is 4. The molecule has 0 fully saturated rings. The van der Waals surface area contributed by atoms with E-state index in [0.29, 0.717) is 23.2 Å². The molecule has 2 heterocycles. The largest absolute Gasteiger partial charge is 0.496 e. The SMILES string of the molecule is C=C(C)/C(=C1/OC(C)=C(c2cc(C)c(OC)cc2C)N1N)n1nc(C)nc1C. The van der Waals surface area contributed by atoms with Crippen LogP contribution in [0.25, 0.3) is 11.4 Å². The van der Waals surface area contributed by atoms with Crippen molar-refractivity contribution in [2.75, 3.05) is 7.11 Å².